The first-order valence-corrected chi connectivity index (χ1v) is 6.33. The standard InChI is InChI=1S/C13H18BrO/c1-9(2)15-13-10(3)7-12(5-6-14)8-11(13)4/h5,7-9H,6H2,1-4H3. The Hall–Kier alpha value is -0.500. The van der Waals surface area contributed by atoms with Gasteiger partial charge in [0.05, 0.1) is 6.10 Å². The number of ether oxygens (including phenoxy) is 1. The molecule has 0 bridgehead atoms. The van der Waals surface area contributed by atoms with E-state index >= 15 is 0 Å². The van der Waals surface area contributed by atoms with Gasteiger partial charge in [-0.3, -0.25) is 0 Å². The van der Waals surface area contributed by atoms with Crippen molar-refractivity contribution in [1.82, 2.24) is 0 Å². The number of hydrogen-bond donors (Lipinski definition) is 0. The highest BCUT2D eigenvalue weighted by atomic mass is 79.9. The first-order chi connectivity index (χ1) is 7.04. The highest BCUT2D eigenvalue weighted by molar-refractivity contribution is 9.09. The van der Waals surface area contributed by atoms with E-state index in [-0.39, 0.29) is 6.10 Å². The molecule has 0 saturated heterocycles. The van der Waals surface area contributed by atoms with Crippen LogP contribution in [0.4, 0.5) is 0 Å². The summed E-state index contributed by atoms with van der Waals surface area (Å²) in [6, 6.07) is 4.32. The average Bonchev–Trinajstić information content (AvgIpc) is 2.11. The number of benzene rings is 1. The molecule has 1 aromatic carbocycles. The molecule has 1 aromatic rings. The Labute approximate surface area is 101 Å². The number of halogens is 1. The second-order valence-electron chi connectivity index (χ2n) is 4.01. The van der Waals surface area contributed by atoms with E-state index in [1.807, 2.05) is 0 Å². The quantitative estimate of drug-likeness (QED) is 0.750. The Bertz CT molecular complexity index is 308. The number of hydrogen-bond acceptors (Lipinski definition) is 1. The molecule has 1 radical (unpaired) electrons. The van der Waals surface area contributed by atoms with Crippen LogP contribution in [0.2, 0.25) is 0 Å². The Kier molecular flexibility index (Phi) is 4.65. The normalized spacial score (nSPS) is 10.8. The lowest BCUT2D eigenvalue weighted by molar-refractivity contribution is 0.239. The van der Waals surface area contributed by atoms with Gasteiger partial charge in [-0.25, -0.2) is 0 Å². The molecule has 0 saturated carbocycles. The summed E-state index contributed by atoms with van der Waals surface area (Å²) in [5.41, 5.74) is 3.66. The van der Waals surface area contributed by atoms with Crippen molar-refractivity contribution in [3.63, 3.8) is 0 Å². The third kappa shape index (κ3) is 3.53. The molecule has 0 aromatic heterocycles. The molecule has 83 valence electrons. The van der Waals surface area contributed by atoms with Gasteiger partial charge < -0.3 is 4.74 Å². The lowest BCUT2D eigenvalue weighted by atomic mass is 10.0. The van der Waals surface area contributed by atoms with E-state index < -0.39 is 0 Å². The second-order valence-corrected chi connectivity index (χ2v) is 4.66. The van der Waals surface area contributed by atoms with Crippen molar-refractivity contribution < 1.29 is 4.74 Å². The van der Waals surface area contributed by atoms with Crippen LogP contribution in [0.1, 0.15) is 30.5 Å². The molecular weight excluding hydrogens is 252 g/mol. The maximum Gasteiger partial charge on any atom is 0.125 e. The molecule has 0 N–H and O–H groups in total. The summed E-state index contributed by atoms with van der Waals surface area (Å²) < 4.78 is 5.78. The number of alkyl halides is 1. The largest absolute Gasteiger partial charge is 0.490 e. The van der Waals surface area contributed by atoms with Crippen LogP contribution in [0, 0.1) is 20.3 Å². The number of rotatable bonds is 4. The van der Waals surface area contributed by atoms with E-state index in [1.165, 1.54) is 16.7 Å². The van der Waals surface area contributed by atoms with Crippen molar-refractivity contribution in [2.75, 3.05) is 5.33 Å². The molecule has 0 unspecified atom stereocenters. The van der Waals surface area contributed by atoms with Gasteiger partial charge in [-0.05, 0) is 44.4 Å². The monoisotopic (exact) mass is 269 g/mol. The van der Waals surface area contributed by atoms with Crippen LogP contribution < -0.4 is 4.74 Å². The van der Waals surface area contributed by atoms with Gasteiger partial charge in [0.2, 0.25) is 0 Å². The van der Waals surface area contributed by atoms with E-state index in [0.717, 1.165) is 11.1 Å². The summed E-state index contributed by atoms with van der Waals surface area (Å²) in [6.07, 6.45) is 2.38. The third-order valence-electron chi connectivity index (χ3n) is 2.15. The van der Waals surface area contributed by atoms with Gasteiger partial charge in [0.25, 0.3) is 0 Å². The minimum absolute atomic E-state index is 0.230. The maximum atomic E-state index is 5.78. The first kappa shape index (κ1) is 12.6. The minimum atomic E-state index is 0.230. The zero-order chi connectivity index (χ0) is 11.4. The second kappa shape index (κ2) is 5.55. The summed E-state index contributed by atoms with van der Waals surface area (Å²) >= 11 is 3.41. The molecule has 0 spiro atoms. The summed E-state index contributed by atoms with van der Waals surface area (Å²) in [7, 11) is 0. The highest BCUT2D eigenvalue weighted by Crippen LogP contribution is 2.26. The summed E-state index contributed by atoms with van der Waals surface area (Å²) in [4.78, 5) is 0. The van der Waals surface area contributed by atoms with Gasteiger partial charge in [-0.1, -0.05) is 28.1 Å². The van der Waals surface area contributed by atoms with Crippen LogP contribution in [0.3, 0.4) is 0 Å². The molecule has 15 heavy (non-hydrogen) atoms. The van der Waals surface area contributed by atoms with Crippen molar-refractivity contribution in [2.24, 2.45) is 0 Å². The Morgan fingerprint density at radius 2 is 1.80 bits per heavy atom. The van der Waals surface area contributed by atoms with Gasteiger partial charge in [0.15, 0.2) is 0 Å². The molecule has 0 aliphatic rings. The molecule has 0 atom stereocenters. The molecule has 0 fully saturated rings. The molecule has 0 aliphatic carbocycles. The minimum Gasteiger partial charge on any atom is -0.490 e. The third-order valence-corrected chi connectivity index (χ3v) is 2.47. The zero-order valence-corrected chi connectivity index (χ0v) is 11.4. The Morgan fingerprint density at radius 1 is 1.27 bits per heavy atom. The lowest BCUT2D eigenvalue weighted by Gasteiger charge is -2.16. The van der Waals surface area contributed by atoms with Crippen LogP contribution in [0.15, 0.2) is 12.1 Å². The lowest BCUT2D eigenvalue weighted by Crippen LogP contribution is -2.08. The average molecular weight is 270 g/mol. The summed E-state index contributed by atoms with van der Waals surface area (Å²) in [6.45, 7) is 8.29. The van der Waals surface area contributed by atoms with Crippen molar-refractivity contribution in [1.29, 1.82) is 0 Å². The molecule has 1 nitrogen and oxygen atoms in total. The van der Waals surface area contributed by atoms with Crippen molar-refractivity contribution >= 4 is 15.9 Å². The Morgan fingerprint density at radius 3 is 2.20 bits per heavy atom. The van der Waals surface area contributed by atoms with Crippen molar-refractivity contribution in [2.45, 2.75) is 33.8 Å². The SMILES string of the molecule is Cc1cc([CH]CBr)cc(C)c1OC(C)C. The molecular formula is C13H18BrO. The number of aryl methyl sites for hydroxylation is 2. The molecule has 0 amide bonds. The van der Waals surface area contributed by atoms with Crippen LogP contribution in [0.25, 0.3) is 0 Å². The fourth-order valence-corrected chi connectivity index (χ4v) is 1.99. The van der Waals surface area contributed by atoms with Gasteiger partial charge in [0.1, 0.15) is 5.75 Å². The van der Waals surface area contributed by atoms with E-state index in [0.29, 0.717) is 0 Å². The van der Waals surface area contributed by atoms with Crippen molar-refractivity contribution in [3.8, 4) is 5.75 Å². The first-order valence-electron chi connectivity index (χ1n) is 5.21. The highest BCUT2D eigenvalue weighted by Gasteiger charge is 2.07. The maximum absolute atomic E-state index is 5.78. The molecule has 0 aliphatic heterocycles. The van der Waals surface area contributed by atoms with Gasteiger partial charge in [-0.2, -0.15) is 0 Å². The molecule has 2 heteroatoms. The topological polar surface area (TPSA) is 9.23 Å². The van der Waals surface area contributed by atoms with E-state index in [2.05, 4.69) is 62.2 Å². The molecule has 1 rings (SSSR count). The fraction of sp³-hybridized carbons (Fsp3) is 0.462. The van der Waals surface area contributed by atoms with Gasteiger partial charge in [0, 0.05) is 11.8 Å². The van der Waals surface area contributed by atoms with E-state index in [1.54, 1.807) is 0 Å². The summed E-state index contributed by atoms with van der Waals surface area (Å²) in [5.74, 6) is 1.02. The predicted octanol–water partition coefficient (Wildman–Crippen LogP) is 4.04. The predicted molar refractivity (Wildman–Crippen MR) is 68.9 cm³/mol. The van der Waals surface area contributed by atoms with Crippen molar-refractivity contribution in [3.05, 3.63) is 35.2 Å². The van der Waals surface area contributed by atoms with Crippen LogP contribution >= 0.6 is 15.9 Å². The zero-order valence-electron chi connectivity index (χ0n) is 9.80. The van der Waals surface area contributed by atoms with Gasteiger partial charge in [-0.15, -0.1) is 0 Å². The van der Waals surface area contributed by atoms with Gasteiger partial charge >= 0.3 is 0 Å². The smallest absolute Gasteiger partial charge is 0.125 e. The van der Waals surface area contributed by atoms with E-state index in [9.17, 15) is 0 Å². The van der Waals surface area contributed by atoms with Crippen LogP contribution in [-0.4, -0.2) is 11.4 Å². The van der Waals surface area contributed by atoms with Crippen LogP contribution in [0.5, 0.6) is 5.75 Å². The van der Waals surface area contributed by atoms with E-state index in [4.69, 9.17) is 4.74 Å². The molecule has 0 heterocycles. The van der Waals surface area contributed by atoms with Crippen LogP contribution in [-0.2, 0) is 0 Å². The fourth-order valence-electron chi connectivity index (χ4n) is 1.61. The summed E-state index contributed by atoms with van der Waals surface area (Å²) in [5, 5.41) is 0.885. The Balaban J connectivity index is 2.98.